The molecule has 2 aliphatic heterocycles. The monoisotopic (exact) mass is 328 g/mol. The summed E-state index contributed by atoms with van der Waals surface area (Å²) in [6, 6.07) is 2.07. The maximum Gasteiger partial charge on any atom is 0.393 e. The second-order valence-electron chi connectivity index (χ2n) is 5.94. The van der Waals surface area contributed by atoms with E-state index in [1.807, 2.05) is 0 Å². The molecule has 4 rings (SSSR count). The third kappa shape index (κ3) is 2.54. The summed E-state index contributed by atoms with van der Waals surface area (Å²) >= 11 is 1.11. The van der Waals surface area contributed by atoms with Gasteiger partial charge in [-0.1, -0.05) is 0 Å². The first kappa shape index (κ1) is 14.2. The van der Waals surface area contributed by atoms with Crippen molar-refractivity contribution < 1.29 is 13.2 Å². The summed E-state index contributed by atoms with van der Waals surface area (Å²) in [5.74, 6) is 1.38. The molecule has 4 nitrogen and oxygen atoms in total. The molecule has 2 fully saturated rings. The SMILES string of the molecule is FC(F)(F)Cc1cc2c(N3CC4CCNC4C3)ncnc2s1. The first-order valence-electron chi connectivity index (χ1n) is 7.28. The van der Waals surface area contributed by atoms with Crippen molar-refractivity contribution >= 4 is 27.4 Å². The van der Waals surface area contributed by atoms with E-state index in [0.29, 0.717) is 21.7 Å². The van der Waals surface area contributed by atoms with Crippen molar-refractivity contribution in [2.45, 2.75) is 25.1 Å². The predicted molar refractivity (Wildman–Crippen MR) is 79.3 cm³/mol. The van der Waals surface area contributed by atoms with Crippen LogP contribution in [0.1, 0.15) is 11.3 Å². The van der Waals surface area contributed by atoms with Gasteiger partial charge in [-0.25, -0.2) is 9.97 Å². The molecule has 118 valence electrons. The Labute approximate surface area is 129 Å². The minimum Gasteiger partial charge on any atom is -0.354 e. The standard InChI is InChI=1S/C14H15F3N4S/c15-14(16,17)4-9-3-10-12(19-7-20-13(10)22-9)21-5-8-1-2-18-11(8)6-21/h3,7-8,11,18H,1-2,4-6H2. The maximum atomic E-state index is 12.6. The molecule has 0 aromatic carbocycles. The van der Waals surface area contributed by atoms with Crippen LogP contribution >= 0.6 is 11.3 Å². The summed E-state index contributed by atoms with van der Waals surface area (Å²) in [4.78, 5) is 11.6. The molecule has 0 amide bonds. The molecule has 0 radical (unpaired) electrons. The van der Waals surface area contributed by atoms with Gasteiger partial charge in [0.2, 0.25) is 0 Å². The van der Waals surface area contributed by atoms with Crippen LogP contribution in [-0.2, 0) is 6.42 Å². The lowest BCUT2D eigenvalue weighted by atomic mass is 10.1. The quantitative estimate of drug-likeness (QED) is 0.920. The summed E-state index contributed by atoms with van der Waals surface area (Å²) in [6.45, 7) is 2.83. The maximum absolute atomic E-state index is 12.6. The number of aromatic nitrogens is 2. The number of hydrogen-bond donors (Lipinski definition) is 1. The summed E-state index contributed by atoms with van der Waals surface area (Å²) in [5, 5.41) is 4.21. The lowest BCUT2D eigenvalue weighted by molar-refractivity contribution is -0.126. The molecule has 2 aromatic rings. The summed E-state index contributed by atoms with van der Waals surface area (Å²) < 4.78 is 37.7. The van der Waals surface area contributed by atoms with Gasteiger partial charge in [0.05, 0.1) is 11.8 Å². The van der Waals surface area contributed by atoms with Crippen molar-refractivity contribution in [3.8, 4) is 0 Å². The van der Waals surface area contributed by atoms with Crippen LogP contribution in [0.3, 0.4) is 0 Å². The fourth-order valence-electron chi connectivity index (χ4n) is 3.45. The van der Waals surface area contributed by atoms with Crippen molar-refractivity contribution in [2.24, 2.45) is 5.92 Å². The Hall–Kier alpha value is -1.41. The van der Waals surface area contributed by atoms with E-state index >= 15 is 0 Å². The van der Waals surface area contributed by atoms with Crippen LogP contribution in [0.2, 0.25) is 0 Å². The highest BCUT2D eigenvalue weighted by atomic mass is 32.1. The molecule has 0 saturated carbocycles. The van der Waals surface area contributed by atoms with E-state index in [2.05, 4.69) is 20.2 Å². The zero-order chi connectivity index (χ0) is 15.3. The highest BCUT2D eigenvalue weighted by molar-refractivity contribution is 7.18. The number of alkyl halides is 3. The van der Waals surface area contributed by atoms with Crippen LogP contribution < -0.4 is 10.2 Å². The van der Waals surface area contributed by atoms with Crippen LogP contribution in [0.15, 0.2) is 12.4 Å². The number of fused-ring (bicyclic) bond motifs is 2. The smallest absolute Gasteiger partial charge is 0.354 e. The summed E-state index contributed by atoms with van der Waals surface area (Å²) in [5.41, 5.74) is 0. The Morgan fingerprint density at radius 1 is 1.32 bits per heavy atom. The van der Waals surface area contributed by atoms with E-state index in [9.17, 15) is 13.2 Å². The van der Waals surface area contributed by atoms with E-state index in [1.165, 1.54) is 6.33 Å². The van der Waals surface area contributed by atoms with E-state index in [1.54, 1.807) is 6.07 Å². The minimum atomic E-state index is -4.19. The molecule has 2 saturated heterocycles. The lowest BCUT2D eigenvalue weighted by Crippen LogP contribution is -2.30. The third-order valence-corrected chi connectivity index (χ3v) is 5.44. The Morgan fingerprint density at radius 3 is 2.95 bits per heavy atom. The molecule has 22 heavy (non-hydrogen) atoms. The molecule has 8 heteroatoms. The van der Waals surface area contributed by atoms with Gasteiger partial charge >= 0.3 is 6.18 Å². The first-order valence-corrected chi connectivity index (χ1v) is 8.10. The summed E-state index contributed by atoms with van der Waals surface area (Å²) in [7, 11) is 0. The molecule has 2 aliphatic rings. The van der Waals surface area contributed by atoms with Crippen molar-refractivity contribution in [1.82, 2.24) is 15.3 Å². The predicted octanol–water partition coefficient (Wildman–Crippen LogP) is 2.59. The number of hydrogen-bond acceptors (Lipinski definition) is 5. The fourth-order valence-corrected chi connectivity index (χ4v) is 4.47. The van der Waals surface area contributed by atoms with Crippen molar-refractivity contribution in [3.63, 3.8) is 0 Å². The van der Waals surface area contributed by atoms with Gasteiger partial charge in [-0.15, -0.1) is 11.3 Å². The first-order chi connectivity index (χ1) is 10.5. The van der Waals surface area contributed by atoms with Crippen molar-refractivity contribution in [2.75, 3.05) is 24.5 Å². The van der Waals surface area contributed by atoms with Gasteiger partial charge in [0.25, 0.3) is 0 Å². The molecular formula is C14H15F3N4S. The van der Waals surface area contributed by atoms with Crippen LogP contribution in [0.4, 0.5) is 19.0 Å². The number of nitrogens with zero attached hydrogens (tertiary/aromatic N) is 3. The van der Waals surface area contributed by atoms with Gasteiger partial charge in [-0.2, -0.15) is 13.2 Å². The number of rotatable bonds is 2. The number of halogens is 3. The second kappa shape index (κ2) is 5.06. The zero-order valence-electron chi connectivity index (χ0n) is 11.7. The van der Waals surface area contributed by atoms with Gasteiger partial charge in [-0.05, 0) is 24.9 Å². The van der Waals surface area contributed by atoms with Crippen LogP contribution in [0.5, 0.6) is 0 Å². The average molecular weight is 328 g/mol. The van der Waals surface area contributed by atoms with Crippen LogP contribution in [0.25, 0.3) is 10.2 Å². The van der Waals surface area contributed by atoms with Gasteiger partial charge in [0, 0.05) is 24.0 Å². The highest BCUT2D eigenvalue weighted by Crippen LogP contribution is 2.36. The molecule has 1 N–H and O–H groups in total. The van der Waals surface area contributed by atoms with Gasteiger partial charge in [0.1, 0.15) is 17.0 Å². The molecular weight excluding hydrogens is 313 g/mol. The molecule has 0 aliphatic carbocycles. The molecule has 2 aromatic heterocycles. The van der Waals surface area contributed by atoms with E-state index in [0.717, 1.165) is 48.6 Å². The average Bonchev–Trinajstić information content (AvgIpc) is 3.07. The second-order valence-corrected chi connectivity index (χ2v) is 7.05. The Bertz CT molecular complexity index is 687. The minimum absolute atomic E-state index is 0.293. The van der Waals surface area contributed by atoms with E-state index in [-0.39, 0.29) is 0 Å². The molecule has 2 unspecified atom stereocenters. The zero-order valence-corrected chi connectivity index (χ0v) is 12.5. The molecule has 4 heterocycles. The largest absolute Gasteiger partial charge is 0.393 e. The number of anilines is 1. The van der Waals surface area contributed by atoms with Crippen LogP contribution in [0, 0.1) is 5.92 Å². The topological polar surface area (TPSA) is 41.0 Å². The number of thiophene rings is 1. The lowest BCUT2D eigenvalue weighted by Gasteiger charge is -2.18. The molecule has 2 atom stereocenters. The third-order valence-electron chi connectivity index (χ3n) is 4.40. The van der Waals surface area contributed by atoms with Crippen molar-refractivity contribution in [3.05, 3.63) is 17.3 Å². The van der Waals surface area contributed by atoms with Gasteiger partial charge in [-0.3, -0.25) is 0 Å². The van der Waals surface area contributed by atoms with E-state index < -0.39 is 12.6 Å². The fraction of sp³-hybridized carbons (Fsp3) is 0.571. The highest BCUT2D eigenvalue weighted by Gasteiger charge is 2.37. The Morgan fingerprint density at radius 2 is 2.18 bits per heavy atom. The molecule has 0 spiro atoms. The Balaban J connectivity index is 1.66. The Kier molecular flexibility index (Phi) is 3.26. The van der Waals surface area contributed by atoms with Crippen LogP contribution in [-0.4, -0.2) is 41.8 Å². The normalized spacial score (nSPS) is 25.1. The van der Waals surface area contributed by atoms with E-state index in [4.69, 9.17) is 0 Å². The summed E-state index contributed by atoms with van der Waals surface area (Å²) in [6.07, 6.45) is -2.49. The molecule has 0 bridgehead atoms. The van der Waals surface area contributed by atoms with Gasteiger partial charge in [0.15, 0.2) is 0 Å². The number of nitrogens with one attached hydrogen (secondary N) is 1. The van der Waals surface area contributed by atoms with Crippen molar-refractivity contribution in [1.29, 1.82) is 0 Å². The van der Waals surface area contributed by atoms with Gasteiger partial charge < -0.3 is 10.2 Å².